The van der Waals surface area contributed by atoms with Crippen molar-refractivity contribution in [1.82, 2.24) is 0 Å². The van der Waals surface area contributed by atoms with Crippen LogP contribution in [0, 0.1) is 0 Å². The van der Waals surface area contributed by atoms with Crippen molar-refractivity contribution >= 4 is 38.3 Å². The first-order chi connectivity index (χ1) is 5.22. The molecule has 0 saturated carbocycles. The van der Waals surface area contributed by atoms with Gasteiger partial charge in [-0.1, -0.05) is 31.9 Å². The Morgan fingerprint density at radius 2 is 1.73 bits per heavy atom. The summed E-state index contributed by atoms with van der Waals surface area (Å²) in [5.74, 6) is 0.459. The highest BCUT2D eigenvalue weighted by Crippen LogP contribution is 2.24. The Labute approximate surface area is 80.8 Å². The molecular formula is C7H3Br2O2. The van der Waals surface area contributed by atoms with E-state index in [1.54, 1.807) is 12.1 Å². The second-order valence-corrected chi connectivity index (χ2v) is 3.62. The standard InChI is InChI=1S/C7H3Br2O2/c8-5-1-6(9)3-7(2-5)11-4-10/h1-3H. The Hall–Kier alpha value is -0.350. The van der Waals surface area contributed by atoms with Gasteiger partial charge in [0.1, 0.15) is 5.75 Å². The highest BCUT2D eigenvalue weighted by atomic mass is 79.9. The molecule has 1 aromatic rings. The van der Waals surface area contributed by atoms with Crippen molar-refractivity contribution in [2.24, 2.45) is 0 Å². The van der Waals surface area contributed by atoms with Crippen LogP contribution in [0.5, 0.6) is 5.75 Å². The van der Waals surface area contributed by atoms with E-state index in [4.69, 9.17) is 0 Å². The maximum atomic E-state index is 9.82. The first kappa shape index (κ1) is 8.74. The van der Waals surface area contributed by atoms with E-state index >= 15 is 0 Å². The van der Waals surface area contributed by atoms with Crippen molar-refractivity contribution in [2.45, 2.75) is 0 Å². The second kappa shape index (κ2) is 3.88. The SMILES string of the molecule is O=[C]Oc1cc(Br)cc(Br)c1. The molecule has 0 spiro atoms. The van der Waals surface area contributed by atoms with E-state index in [-0.39, 0.29) is 0 Å². The number of benzene rings is 1. The minimum Gasteiger partial charge on any atom is -0.418 e. The average Bonchev–Trinajstić information content (AvgIpc) is 1.85. The van der Waals surface area contributed by atoms with Crippen LogP contribution in [0.3, 0.4) is 0 Å². The Bertz CT molecular complexity index is 253. The minimum atomic E-state index is 0.459. The molecule has 2 nitrogen and oxygen atoms in total. The predicted octanol–water partition coefficient (Wildman–Crippen LogP) is 2.66. The van der Waals surface area contributed by atoms with Crippen LogP contribution in [0.15, 0.2) is 27.1 Å². The molecule has 0 aliphatic carbocycles. The van der Waals surface area contributed by atoms with Crippen molar-refractivity contribution in [3.05, 3.63) is 27.1 Å². The molecule has 11 heavy (non-hydrogen) atoms. The number of rotatable bonds is 2. The van der Waals surface area contributed by atoms with Crippen molar-refractivity contribution in [3.8, 4) is 5.75 Å². The van der Waals surface area contributed by atoms with Crippen LogP contribution in [-0.4, -0.2) is 6.47 Å². The molecule has 1 radical (unpaired) electrons. The zero-order chi connectivity index (χ0) is 8.27. The molecule has 0 N–H and O–H groups in total. The summed E-state index contributed by atoms with van der Waals surface area (Å²) in [6.07, 6.45) is 0. The Morgan fingerprint density at radius 3 is 2.18 bits per heavy atom. The van der Waals surface area contributed by atoms with E-state index in [2.05, 4.69) is 36.6 Å². The molecule has 57 valence electrons. The summed E-state index contributed by atoms with van der Waals surface area (Å²) >= 11 is 6.49. The molecule has 0 aromatic heterocycles. The van der Waals surface area contributed by atoms with E-state index < -0.39 is 0 Å². The van der Waals surface area contributed by atoms with Gasteiger partial charge in [-0.15, -0.1) is 0 Å². The number of ether oxygens (including phenoxy) is 1. The summed E-state index contributed by atoms with van der Waals surface area (Å²) in [5.41, 5.74) is 0. The summed E-state index contributed by atoms with van der Waals surface area (Å²) in [6, 6.07) is 5.20. The quantitative estimate of drug-likeness (QED) is 0.831. The molecule has 0 bridgehead atoms. The minimum absolute atomic E-state index is 0.459. The zero-order valence-electron chi connectivity index (χ0n) is 5.30. The van der Waals surface area contributed by atoms with Crippen LogP contribution in [0.25, 0.3) is 0 Å². The lowest BCUT2D eigenvalue weighted by atomic mass is 10.3. The molecule has 0 amide bonds. The van der Waals surface area contributed by atoms with Gasteiger partial charge in [-0.3, -0.25) is 0 Å². The van der Waals surface area contributed by atoms with E-state index in [1.165, 1.54) is 6.47 Å². The van der Waals surface area contributed by atoms with E-state index in [1.807, 2.05) is 6.07 Å². The van der Waals surface area contributed by atoms with Crippen LogP contribution in [0.2, 0.25) is 0 Å². The van der Waals surface area contributed by atoms with E-state index in [9.17, 15) is 4.79 Å². The zero-order valence-corrected chi connectivity index (χ0v) is 8.48. The molecule has 0 aliphatic rings. The highest BCUT2D eigenvalue weighted by molar-refractivity contribution is 9.11. The van der Waals surface area contributed by atoms with Gasteiger partial charge in [0.05, 0.1) is 0 Å². The van der Waals surface area contributed by atoms with Crippen LogP contribution in [0.1, 0.15) is 0 Å². The maximum absolute atomic E-state index is 9.82. The number of halogens is 2. The molecule has 0 aliphatic heterocycles. The van der Waals surface area contributed by atoms with E-state index in [0.29, 0.717) is 5.75 Å². The summed E-state index contributed by atoms with van der Waals surface area (Å²) in [5, 5.41) is 0. The third-order valence-corrected chi connectivity index (χ3v) is 1.91. The maximum Gasteiger partial charge on any atom is 0.423 e. The van der Waals surface area contributed by atoms with Gasteiger partial charge < -0.3 is 4.74 Å². The van der Waals surface area contributed by atoms with Gasteiger partial charge >= 0.3 is 6.47 Å². The largest absolute Gasteiger partial charge is 0.423 e. The molecule has 0 atom stereocenters. The number of hydrogen-bond donors (Lipinski definition) is 0. The molecule has 0 fully saturated rings. The lowest BCUT2D eigenvalue weighted by Gasteiger charge is -1.97. The van der Waals surface area contributed by atoms with Gasteiger partial charge in [-0.05, 0) is 18.2 Å². The smallest absolute Gasteiger partial charge is 0.418 e. The van der Waals surface area contributed by atoms with Gasteiger partial charge in [-0.25, -0.2) is 4.79 Å². The van der Waals surface area contributed by atoms with Gasteiger partial charge in [0, 0.05) is 8.95 Å². The first-order valence-electron chi connectivity index (χ1n) is 2.72. The van der Waals surface area contributed by atoms with Crippen molar-refractivity contribution in [2.75, 3.05) is 0 Å². The van der Waals surface area contributed by atoms with Crippen molar-refractivity contribution < 1.29 is 9.53 Å². The van der Waals surface area contributed by atoms with Gasteiger partial charge in [0.2, 0.25) is 0 Å². The van der Waals surface area contributed by atoms with Crippen LogP contribution < -0.4 is 4.74 Å². The third-order valence-electron chi connectivity index (χ3n) is 0.996. The van der Waals surface area contributed by atoms with Crippen LogP contribution in [0.4, 0.5) is 0 Å². The molecule has 0 saturated heterocycles. The third kappa shape index (κ3) is 2.63. The summed E-state index contributed by atoms with van der Waals surface area (Å²) < 4.78 is 6.19. The summed E-state index contributed by atoms with van der Waals surface area (Å²) in [7, 11) is 0. The Kier molecular flexibility index (Phi) is 3.08. The highest BCUT2D eigenvalue weighted by Gasteiger charge is 1.97. The van der Waals surface area contributed by atoms with Crippen molar-refractivity contribution in [1.29, 1.82) is 0 Å². The monoisotopic (exact) mass is 277 g/mol. The molecule has 4 heteroatoms. The summed E-state index contributed by atoms with van der Waals surface area (Å²) in [6.45, 7) is 1.35. The first-order valence-corrected chi connectivity index (χ1v) is 4.31. The summed E-state index contributed by atoms with van der Waals surface area (Å²) in [4.78, 5) is 9.82. The Morgan fingerprint density at radius 1 is 1.18 bits per heavy atom. The molecule has 0 heterocycles. The number of hydrogen-bond acceptors (Lipinski definition) is 2. The topological polar surface area (TPSA) is 26.3 Å². The second-order valence-electron chi connectivity index (χ2n) is 1.79. The molecular weight excluding hydrogens is 276 g/mol. The Balaban J connectivity index is 2.98. The fourth-order valence-electron chi connectivity index (χ4n) is 0.636. The van der Waals surface area contributed by atoms with Crippen LogP contribution >= 0.6 is 31.9 Å². The normalized spacial score (nSPS) is 9.27. The lowest BCUT2D eigenvalue weighted by molar-refractivity contribution is 0.442. The fraction of sp³-hybridized carbons (Fsp3) is 0. The fourth-order valence-corrected chi connectivity index (χ4v) is 1.89. The number of carbonyl (C=O) groups excluding carboxylic acids is 1. The van der Waals surface area contributed by atoms with Crippen LogP contribution in [-0.2, 0) is 4.79 Å². The van der Waals surface area contributed by atoms with Gasteiger partial charge in [0.15, 0.2) is 0 Å². The van der Waals surface area contributed by atoms with Gasteiger partial charge in [-0.2, -0.15) is 0 Å². The molecule has 0 unspecified atom stereocenters. The molecule has 1 rings (SSSR count). The predicted molar refractivity (Wildman–Crippen MR) is 48.2 cm³/mol. The lowest BCUT2D eigenvalue weighted by Crippen LogP contribution is -1.87. The molecule has 1 aromatic carbocycles. The average molecular weight is 279 g/mol. The van der Waals surface area contributed by atoms with E-state index in [0.717, 1.165) is 8.95 Å². The van der Waals surface area contributed by atoms with Crippen molar-refractivity contribution in [3.63, 3.8) is 0 Å². The van der Waals surface area contributed by atoms with Gasteiger partial charge in [0.25, 0.3) is 0 Å².